The lowest BCUT2D eigenvalue weighted by molar-refractivity contribution is 0.127. The van der Waals surface area contributed by atoms with Gasteiger partial charge in [-0.25, -0.2) is 0 Å². The highest BCUT2D eigenvalue weighted by molar-refractivity contribution is 6.08. The predicted octanol–water partition coefficient (Wildman–Crippen LogP) is 5.09. The molecule has 0 bridgehead atoms. The Bertz CT molecular complexity index is 210. The molecule has 0 heterocycles. The van der Waals surface area contributed by atoms with Gasteiger partial charge >= 0.3 is 0 Å². The molecule has 0 aliphatic heterocycles. The first-order chi connectivity index (χ1) is 7.81. The van der Waals surface area contributed by atoms with E-state index in [1.807, 2.05) is 0 Å². The van der Waals surface area contributed by atoms with Crippen LogP contribution in [0.4, 0.5) is 0 Å². The van der Waals surface area contributed by atoms with Gasteiger partial charge in [-0.1, -0.05) is 47.4 Å². The van der Waals surface area contributed by atoms with Gasteiger partial charge in [-0.3, -0.25) is 0 Å². The second kappa shape index (κ2) is 6.30. The molecule has 0 saturated heterocycles. The maximum Gasteiger partial charge on any atom is 0.0656 e. The summed E-state index contributed by atoms with van der Waals surface area (Å²) in [6.07, 6.45) is 7.85. The predicted molar refractivity (Wildman–Crippen MR) is 78.4 cm³/mol. The number of rotatable bonds is 6. The largest absolute Gasteiger partial charge is 0.0859 e. The van der Waals surface area contributed by atoms with Crippen LogP contribution in [0.1, 0.15) is 66.7 Å². The summed E-state index contributed by atoms with van der Waals surface area (Å²) in [4.78, 5) is 0. The minimum Gasteiger partial charge on any atom is -0.0859 e. The Morgan fingerprint density at radius 3 is 2.24 bits per heavy atom. The molecule has 0 N–H and O–H groups in total. The summed E-state index contributed by atoms with van der Waals surface area (Å²) >= 11 is 0. The third-order valence-corrected chi connectivity index (χ3v) is 4.57. The molecule has 1 aliphatic carbocycles. The zero-order valence-corrected chi connectivity index (χ0v) is 12.6. The minimum absolute atomic E-state index is 0.499. The van der Waals surface area contributed by atoms with Crippen LogP contribution in [0, 0.1) is 29.1 Å². The van der Waals surface area contributed by atoms with Crippen LogP contribution in [-0.2, 0) is 0 Å². The quantitative estimate of drug-likeness (QED) is 0.561. The van der Waals surface area contributed by atoms with Crippen LogP contribution in [-0.4, -0.2) is 7.85 Å². The average molecular weight is 234 g/mol. The van der Waals surface area contributed by atoms with Gasteiger partial charge in [0.15, 0.2) is 0 Å². The van der Waals surface area contributed by atoms with Gasteiger partial charge in [0.2, 0.25) is 0 Å². The Balaban J connectivity index is 2.16. The van der Waals surface area contributed by atoms with Crippen LogP contribution < -0.4 is 0 Å². The van der Waals surface area contributed by atoms with Crippen molar-refractivity contribution in [1.82, 2.24) is 0 Å². The smallest absolute Gasteiger partial charge is 0.0656 e. The summed E-state index contributed by atoms with van der Waals surface area (Å²) in [6.45, 7) is 11.9. The topological polar surface area (TPSA) is 0 Å². The summed E-state index contributed by atoms with van der Waals surface area (Å²) in [7, 11) is 5.69. The van der Waals surface area contributed by atoms with Crippen molar-refractivity contribution in [1.29, 1.82) is 0 Å². The molecule has 0 aromatic carbocycles. The molecule has 0 amide bonds. The molecule has 17 heavy (non-hydrogen) atoms. The Morgan fingerprint density at radius 1 is 1.18 bits per heavy atom. The van der Waals surface area contributed by atoms with Gasteiger partial charge in [-0.05, 0) is 54.8 Å². The fraction of sp³-hybridized carbons (Fsp3) is 1.00. The first-order valence-electron chi connectivity index (χ1n) is 7.52. The van der Waals surface area contributed by atoms with E-state index in [-0.39, 0.29) is 0 Å². The fourth-order valence-corrected chi connectivity index (χ4v) is 3.07. The summed E-state index contributed by atoms with van der Waals surface area (Å²) in [5, 5.41) is 0. The van der Waals surface area contributed by atoms with Gasteiger partial charge in [-0.2, -0.15) is 0 Å². The summed E-state index contributed by atoms with van der Waals surface area (Å²) in [5.74, 6) is 3.61. The molecular weight excluding hydrogens is 203 g/mol. The average Bonchev–Trinajstić information content (AvgIpc) is 2.12. The van der Waals surface area contributed by atoms with Gasteiger partial charge in [-0.15, -0.1) is 0 Å². The highest BCUT2D eigenvalue weighted by Gasteiger charge is 2.31. The monoisotopic (exact) mass is 234 g/mol. The maximum absolute atomic E-state index is 5.69. The molecule has 1 aliphatic rings. The molecule has 98 valence electrons. The number of hydrogen-bond acceptors (Lipinski definition) is 0. The van der Waals surface area contributed by atoms with E-state index in [0.29, 0.717) is 5.41 Å². The number of hydrogen-bond donors (Lipinski definition) is 0. The Morgan fingerprint density at radius 2 is 1.76 bits per heavy atom. The van der Waals surface area contributed by atoms with Crippen molar-refractivity contribution in [3.05, 3.63) is 0 Å². The molecule has 0 spiro atoms. The Hall–Kier alpha value is 0.0649. The third-order valence-electron chi connectivity index (χ3n) is 4.57. The van der Waals surface area contributed by atoms with Gasteiger partial charge < -0.3 is 0 Å². The van der Waals surface area contributed by atoms with E-state index in [9.17, 15) is 0 Å². The van der Waals surface area contributed by atoms with Crippen LogP contribution in [0.3, 0.4) is 0 Å². The van der Waals surface area contributed by atoms with Crippen molar-refractivity contribution >= 4 is 7.85 Å². The molecule has 2 atom stereocenters. The van der Waals surface area contributed by atoms with E-state index < -0.39 is 0 Å². The highest BCUT2D eigenvalue weighted by atomic mass is 14.4. The molecule has 2 radical (unpaired) electrons. The minimum atomic E-state index is 0.499. The first-order valence-corrected chi connectivity index (χ1v) is 7.52. The first kappa shape index (κ1) is 15.1. The van der Waals surface area contributed by atoms with E-state index >= 15 is 0 Å². The Kier molecular flexibility index (Phi) is 5.60. The molecule has 2 unspecified atom stereocenters. The van der Waals surface area contributed by atoms with Gasteiger partial charge in [0.1, 0.15) is 0 Å². The van der Waals surface area contributed by atoms with Crippen LogP contribution >= 0.6 is 0 Å². The highest BCUT2D eigenvalue weighted by Crippen LogP contribution is 2.42. The SMILES string of the molecule is [B]CC1CC(C(C)CC(C)CCC(C)(C)C)C1. The molecule has 0 aromatic heterocycles. The van der Waals surface area contributed by atoms with E-state index in [1.165, 1.54) is 32.1 Å². The molecule has 1 fully saturated rings. The molecular formula is C16H31B. The van der Waals surface area contributed by atoms with Crippen molar-refractivity contribution < 1.29 is 0 Å². The molecule has 1 rings (SSSR count). The van der Waals surface area contributed by atoms with Crippen molar-refractivity contribution in [3.63, 3.8) is 0 Å². The second-order valence-electron chi connectivity index (χ2n) is 7.75. The lowest BCUT2D eigenvalue weighted by Crippen LogP contribution is -2.29. The van der Waals surface area contributed by atoms with Crippen LogP contribution in [0.5, 0.6) is 0 Å². The molecule has 0 nitrogen and oxygen atoms in total. The maximum atomic E-state index is 5.69. The van der Waals surface area contributed by atoms with Gasteiger partial charge in [0.05, 0.1) is 7.85 Å². The third kappa shape index (κ3) is 5.49. The molecule has 1 heteroatoms. The molecule has 0 aromatic rings. The lowest BCUT2D eigenvalue weighted by atomic mass is 9.63. The Labute approximate surface area is 110 Å². The van der Waals surface area contributed by atoms with Crippen molar-refractivity contribution in [3.8, 4) is 0 Å². The van der Waals surface area contributed by atoms with Crippen molar-refractivity contribution in [2.75, 3.05) is 0 Å². The normalized spacial score (nSPS) is 28.5. The fourth-order valence-electron chi connectivity index (χ4n) is 3.07. The molecule has 1 saturated carbocycles. The summed E-state index contributed by atoms with van der Waals surface area (Å²) in [6, 6.07) is 0. The van der Waals surface area contributed by atoms with Crippen LogP contribution in [0.25, 0.3) is 0 Å². The second-order valence-corrected chi connectivity index (χ2v) is 7.75. The van der Waals surface area contributed by atoms with E-state index in [0.717, 1.165) is 30.0 Å². The standard InChI is InChI=1S/C16H31B/c1-12(6-7-16(3,4)5)8-13(2)15-9-14(10-15)11-17/h12-15H,6-11H2,1-5H3. The zero-order valence-electron chi connectivity index (χ0n) is 12.6. The van der Waals surface area contributed by atoms with Gasteiger partial charge in [0, 0.05) is 0 Å². The van der Waals surface area contributed by atoms with E-state index in [1.54, 1.807) is 0 Å². The van der Waals surface area contributed by atoms with Gasteiger partial charge in [0.25, 0.3) is 0 Å². The van der Waals surface area contributed by atoms with E-state index in [2.05, 4.69) is 34.6 Å². The summed E-state index contributed by atoms with van der Waals surface area (Å²) in [5.41, 5.74) is 0.499. The van der Waals surface area contributed by atoms with E-state index in [4.69, 9.17) is 7.85 Å². The zero-order chi connectivity index (χ0) is 13.1. The van der Waals surface area contributed by atoms with Crippen LogP contribution in [0.2, 0.25) is 6.32 Å². The van der Waals surface area contributed by atoms with Crippen molar-refractivity contribution in [2.45, 2.75) is 73.0 Å². The summed E-state index contributed by atoms with van der Waals surface area (Å²) < 4.78 is 0. The van der Waals surface area contributed by atoms with Crippen LogP contribution in [0.15, 0.2) is 0 Å². The van der Waals surface area contributed by atoms with Crippen molar-refractivity contribution in [2.24, 2.45) is 29.1 Å². The lowest BCUT2D eigenvalue weighted by Gasteiger charge is -2.40.